The van der Waals surface area contributed by atoms with Crippen LogP contribution in [0.25, 0.3) is 0 Å². The molecular formula is C8H11ClNO3-. The lowest BCUT2D eigenvalue weighted by atomic mass is 10.1. The Labute approximate surface area is 82.0 Å². The highest BCUT2D eigenvalue weighted by molar-refractivity contribution is 5.41. The molecule has 1 aromatic carbocycles. The quantitative estimate of drug-likeness (QED) is 0.389. The van der Waals surface area contributed by atoms with Crippen LogP contribution in [0.15, 0.2) is 18.2 Å². The van der Waals surface area contributed by atoms with Gasteiger partial charge in [0.1, 0.15) is 0 Å². The monoisotopic (exact) mass is 204 g/mol. The Morgan fingerprint density at radius 2 is 1.85 bits per heavy atom. The number of benzene rings is 1. The maximum absolute atomic E-state index is 9.23. The number of halogens is 1. The molecule has 0 aliphatic heterocycles. The van der Waals surface area contributed by atoms with E-state index in [1.807, 2.05) is 0 Å². The maximum atomic E-state index is 9.23. The van der Waals surface area contributed by atoms with Crippen molar-refractivity contribution in [2.75, 3.05) is 6.54 Å². The number of nitrogens with two attached hydrogens (primary N) is 1. The van der Waals surface area contributed by atoms with E-state index in [-0.39, 0.29) is 30.5 Å². The van der Waals surface area contributed by atoms with E-state index >= 15 is 0 Å². The molecule has 74 valence electrons. The molecule has 0 amide bonds. The summed E-state index contributed by atoms with van der Waals surface area (Å²) >= 11 is 0. The van der Waals surface area contributed by atoms with Crippen LogP contribution >= 0.6 is 0 Å². The van der Waals surface area contributed by atoms with Crippen LogP contribution < -0.4 is 18.1 Å². The van der Waals surface area contributed by atoms with Crippen molar-refractivity contribution in [2.45, 2.75) is 6.10 Å². The van der Waals surface area contributed by atoms with Crippen LogP contribution in [0.3, 0.4) is 0 Å². The number of aliphatic hydroxyl groups is 1. The predicted molar refractivity (Wildman–Crippen MR) is 43.8 cm³/mol. The number of hydrogen-bond donors (Lipinski definition) is 4. The molecular weight excluding hydrogens is 194 g/mol. The van der Waals surface area contributed by atoms with Crippen molar-refractivity contribution in [3.05, 3.63) is 23.8 Å². The van der Waals surface area contributed by atoms with Gasteiger partial charge in [-0.1, -0.05) is 6.07 Å². The first kappa shape index (κ1) is 12.0. The van der Waals surface area contributed by atoms with Gasteiger partial charge in [-0.05, 0) is 17.7 Å². The third-order valence-corrected chi connectivity index (χ3v) is 1.61. The molecule has 0 aromatic heterocycles. The van der Waals surface area contributed by atoms with Gasteiger partial charge >= 0.3 is 0 Å². The summed E-state index contributed by atoms with van der Waals surface area (Å²) in [7, 11) is 0. The molecule has 1 atom stereocenters. The lowest BCUT2D eigenvalue weighted by Gasteiger charge is -2.08. The molecule has 1 aromatic rings. The average Bonchev–Trinajstić information content (AvgIpc) is 2.08. The Balaban J connectivity index is 0.00000144. The van der Waals surface area contributed by atoms with Crippen LogP contribution in [0, 0.1) is 0 Å². The summed E-state index contributed by atoms with van der Waals surface area (Å²) in [4.78, 5) is 0. The molecule has 1 unspecified atom stereocenters. The number of hydrogen-bond acceptors (Lipinski definition) is 4. The third kappa shape index (κ3) is 2.77. The van der Waals surface area contributed by atoms with Gasteiger partial charge in [-0.2, -0.15) is 0 Å². The minimum atomic E-state index is -0.795. The zero-order valence-electron chi connectivity index (χ0n) is 6.81. The summed E-state index contributed by atoms with van der Waals surface area (Å²) in [5.41, 5.74) is 5.69. The van der Waals surface area contributed by atoms with Crippen LogP contribution in [0.1, 0.15) is 11.7 Å². The Kier molecular flexibility index (Phi) is 4.55. The molecule has 13 heavy (non-hydrogen) atoms. The fraction of sp³-hybridized carbons (Fsp3) is 0.250. The number of phenolic OH excluding ortho intramolecular Hbond substituents is 2. The largest absolute Gasteiger partial charge is 1.00 e. The van der Waals surface area contributed by atoms with E-state index in [0.717, 1.165) is 0 Å². The second kappa shape index (κ2) is 4.91. The Morgan fingerprint density at radius 3 is 2.31 bits per heavy atom. The molecule has 5 heteroatoms. The van der Waals surface area contributed by atoms with E-state index in [1.54, 1.807) is 0 Å². The fourth-order valence-corrected chi connectivity index (χ4v) is 0.884. The Bertz CT molecular complexity index is 280. The van der Waals surface area contributed by atoms with E-state index in [2.05, 4.69) is 0 Å². The van der Waals surface area contributed by atoms with Gasteiger partial charge < -0.3 is 33.5 Å². The van der Waals surface area contributed by atoms with Crippen molar-refractivity contribution in [1.82, 2.24) is 0 Å². The molecule has 5 N–H and O–H groups in total. The van der Waals surface area contributed by atoms with Crippen molar-refractivity contribution in [2.24, 2.45) is 5.73 Å². The highest BCUT2D eigenvalue weighted by Gasteiger charge is 2.07. The van der Waals surface area contributed by atoms with E-state index in [9.17, 15) is 5.11 Å². The van der Waals surface area contributed by atoms with Crippen molar-refractivity contribution in [3.63, 3.8) is 0 Å². The minimum Gasteiger partial charge on any atom is -1.00 e. The van der Waals surface area contributed by atoms with E-state index in [0.29, 0.717) is 5.56 Å². The summed E-state index contributed by atoms with van der Waals surface area (Å²) in [5.74, 6) is -0.456. The van der Waals surface area contributed by atoms with Gasteiger partial charge in [0.05, 0.1) is 6.10 Å². The SMILES string of the molecule is NCC(O)c1ccc(O)c(O)c1.[Cl-]. The van der Waals surface area contributed by atoms with Gasteiger partial charge in [0.2, 0.25) is 0 Å². The molecule has 0 spiro atoms. The van der Waals surface area contributed by atoms with Gasteiger partial charge in [-0.25, -0.2) is 0 Å². The van der Waals surface area contributed by atoms with Gasteiger partial charge in [0.15, 0.2) is 11.5 Å². The van der Waals surface area contributed by atoms with Crippen LogP contribution in [0.4, 0.5) is 0 Å². The highest BCUT2D eigenvalue weighted by Crippen LogP contribution is 2.27. The zero-order valence-corrected chi connectivity index (χ0v) is 7.57. The van der Waals surface area contributed by atoms with Gasteiger partial charge in [0.25, 0.3) is 0 Å². The highest BCUT2D eigenvalue weighted by atomic mass is 35.5. The molecule has 4 nitrogen and oxygen atoms in total. The molecule has 0 heterocycles. The Hall–Kier alpha value is -0.970. The summed E-state index contributed by atoms with van der Waals surface area (Å²) < 4.78 is 0. The van der Waals surface area contributed by atoms with Crippen molar-refractivity contribution in [1.29, 1.82) is 0 Å². The maximum Gasteiger partial charge on any atom is 0.157 e. The second-order valence-corrected chi connectivity index (χ2v) is 2.50. The minimum absolute atomic E-state index is 0. The molecule has 0 bridgehead atoms. The molecule has 0 aliphatic carbocycles. The van der Waals surface area contributed by atoms with E-state index in [1.165, 1.54) is 18.2 Å². The Morgan fingerprint density at radius 1 is 1.23 bits per heavy atom. The zero-order chi connectivity index (χ0) is 9.14. The van der Waals surface area contributed by atoms with Crippen LogP contribution in [-0.4, -0.2) is 21.9 Å². The summed E-state index contributed by atoms with van der Waals surface area (Å²) in [6.07, 6.45) is -0.795. The van der Waals surface area contributed by atoms with Crippen molar-refractivity contribution < 1.29 is 27.7 Å². The molecule has 1 rings (SSSR count). The molecule has 0 aliphatic rings. The van der Waals surface area contributed by atoms with E-state index in [4.69, 9.17) is 15.9 Å². The van der Waals surface area contributed by atoms with Crippen LogP contribution in [-0.2, 0) is 0 Å². The summed E-state index contributed by atoms with van der Waals surface area (Å²) in [6, 6.07) is 4.10. The number of aromatic hydroxyl groups is 2. The van der Waals surface area contributed by atoms with Crippen LogP contribution in [0.2, 0.25) is 0 Å². The number of phenols is 2. The standard InChI is InChI=1S/C8H11NO3.ClH/c9-4-8(12)5-1-2-6(10)7(11)3-5;/h1-3,8,10-12H,4,9H2;1H/p-1. The smallest absolute Gasteiger partial charge is 0.157 e. The van der Waals surface area contributed by atoms with Gasteiger partial charge in [-0.15, -0.1) is 0 Å². The third-order valence-electron chi connectivity index (χ3n) is 1.61. The first-order chi connectivity index (χ1) is 5.65. The second-order valence-electron chi connectivity index (χ2n) is 2.50. The van der Waals surface area contributed by atoms with Gasteiger partial charge in [-0.3, -0.25) is 0 Å². The molecule has 0 radical (unpaired) electrons. The fourth-order valence-electron chi connectivity index (χ4n) is 0.884. The summed E-state index contributed by atoms with van der Waals surface area (Å²) in [6.45, 7) is 0.0875. The van der Waals surface area contributed by atoms with Gasteiger partial charge in [0, 0.05) is 6.54 Å². The lowest BCUT2D eigenvalue weighted by Crippen LogP contribution is -3.00. The molecule has 0 saturated carbocycles. The summed E-state index contributed by atoms with van der Waals surface area (Å²) in [5, 5.41) is 27.2. The first-order valence-electron chi connectivity index (χ1n) is 3.55. The van der Waals surface area contributed by atoms with Crippen molar-refractivity contribution >= 4 is 0 Å². The van der Waals surface area contributed by atoms with Crippen LogP contribution in [0.5, 0.6) is 11.5 Å². The molecule has 0 saturated heterocycles. The normalized spacial score (nSPS) is 11.8. The number of aliphatic hydroxyl groups excluding tert-OH is 1. The predicted octanol–water partition coefficient (Wildman–Crippen LogP) is -2.91. The van der Waals surface area contributed by atoms with Crippen molar-refractivity contribution in [3.8, 4) is 11.5 Å². The number of rotatable bonds is 2. The average molecular weight is 205 g/mol. The molecule has 0 fully saturated rings. The topological polar surface area (TPSA) is 86.7 Å². The first-order valence-corrected chi connectivity index (χ1v) is 3.55. The van der Waals surface area contributed by atoms with E-state index < -0.39 is 6.10 Å². The lowest BCUT2D eigenvalue weighted by molar-refractivity contribution is -0.00000583.